The van der Waals surface area contributed by atoms with Crippen molar-refractivity contribution in [2.75, 3.05) is 39.2 Å². The maximum absolute atomic E-state index is 5.73. The van der Waals surface area contributed by atoms with Gasteiger partial charge in [-0.15, -0.1) is 24.0 Å². The Balaban J connectivity index is 0.00000364. The molecule has 0 aliphatic carbocycles. The van der Waals surface area contributed by atoms with E-state index in [2.05, 4.69) is 39.9 Å². The van der Waals surface area contributed by atoms with E-state index in [4.69, 9.17) is 9.47 Å². The van der Waals surface area contributed by atoms with E-state index in [0.717, 1.165) is 43.2 Å². The molecule has 0 fully saturated rings. The molecule has 0 aliphatic heterocycles. The van der Waals surface area contributed by atoms with Crippen molar-refractivity contribution in [3.05, 3.63) is 60.2 Å². The van der Waals surface area contributed by atoms with Gasteiger partial charge in [-0.05, 0) is 30.5 Å². The Kier molecular flexibility index (Phi) is 12.3. The van der Waals surface area contributed by atoms with Crippen molar-refractivity contribution in [1.29, 1.82) is 0 Å². The molecule has 2 N–H and O–H groups in total. The molecule has 2 aromatic rings. The molecule has 0 saturated heterocycles. The number of aryl methyl sites for hydroxylation is 1. The van der Waals surface area contributed by atoms with Gasteiger partial charge in [0.15, 0.2) is 5.96 Å². The maximum atomic E-state index is 5.73. The second-order valence-electron chi connectivity index (χ2n) is 5.94. The van der Waals surface area contributed by atoms with E-state index in [1.54, 1.807) is 14.2 Å². The third-order valence-electron chi connectivity index (χ3n) is 3.86. The largest absolute Gasteiger partial charge is 0.493 e. The lowest BCUT2D eigenvalue weighted by molar-refractivity contribution is 0.172. The van der Waals surface area contributed by atoms with Crippen molar-refractivity contribution in [3.8, 4) is 5.75 Å². The van der Waals surface area contributed by atoms with Crippen LogP contribution in [0.2, 0.25) is 0 Å². The lowest BCUT2D eigenvalue weighted by Crippen LogP contribution is -2.31. The monoisotopic (exact) mass is 483 g/mol. The normalized spacial score (nSPS) is 10.8. The lowest BCUT2D eigenvalue weighted by Gasteiger charge is -2.13. The molecule has 0 heterocycles. The Labute approximate surface area is 179 Å². The molecule has 0 radical (unpaired) electrons. The summed E-state index contributed by atoms with van der Waals surface area (Å²) in [5.74, 6) is 1.60. The Morgan fingerprint density at radius 3 is 2.56 bits per heavy atom. The van der Waals surface area contributed by atoms with E-state index < -0.39 is 0 Å². The zero-order valence-corrected chi connectivity index (χ0v) is 18.4. The van der Waals surface area contributed by atoms with Gasteiger partial charge in [-0.3, -0.25) is 4.99 Å². The number of guanidine groups is 1. The Morgan fingerprint density at radius 2 is 1.81 bits per heavy atom. The van der Waals surface area contributed by atoms with Crippen LogP contribution < -0.4 is 15.4 Å². The molecule has 0 amide bonds. The summed E-state index contributed by atoms with van der Waals surface area (Å²) in [6, 6.07) is 18.4. The summed E-state index contributed by atoms with van der Waals surface area (Å²) in [6.07, 6.45) is 2.97. The summed E-state index contributed by atoms with van der Waals surface area (Å²) < 4.78 is 10.8. The van der Waals surface area contributed by atoms with Gasteiger partial charge in [0, 0.05) is 45.5 Å². The second kappa shape index (κ2) is 14.3. The Hall–Kier alpha value is -1.80. The fourth-order valence-electron chi connectivity index (χ4n) is 2.52. The van der Waals surface area contributed by atoms with Gasteiger partial charge in [0.05, 0.1) is 6.61 Å². The molecular formula is C21H30IN3O2. The molecular weight excluding hydrogens is 453 g/mol. The van der Waals surface area contributed by atoms with Crippen LogP contribution in [0.25, 0.3) is 0 Å². The van der Waals surface area contributed by atoms with Crippen LogP contribution in [0.3, 0.4) is 0 Å². The van der Waals surface area contributed by atoms with Gasteiger partial charge < -0.3 is 20.1 Å². The SMILES string of the molecule is CN=C(NCCCc1ccccc1)Nc1cccc(OCCCOC)c1.I. The summed E-state index contributed by atoms with van der Waals surface area (Å²) in [6.45, 7) is 2.21. The van der Waals surface area contributed by atoms with Crippen molar-refractivity contribution in [3.63, 3.8) is 0 Å². The molecule has 6 heteroatoms. The second-order valence-corrected chi connectivity index (χ2v) is 5.94. The molecule has 0 saturated carbocycles. The average molecular weight is 483 g/mol. The van der Waals surface area contributed by atoms with Gasteiger partial charge in [-0.1, -0.05) is 36.4 Å². The van der Waals surface area contributed by atoms with Crippen LogP contribution >= 0.6 is 24.0 Å². The van der Waals surface area contributed by atoms with Gasteiger partial charge >= 0.3 is 0 Å². The van der Waals surface area contributed by atoms with Crippen molar-refractivity contribution < 1.29 is 9.47 Å². The van der Waals surface area contributed by atoms with E-state index >= 15 is 0 Å². The first kappa shape index (κ1) is 23.2. The number of nitrogens with zero attached hydrogens (tertiary/aromatic N) is 1. The van der Waals surface area contributed by atoms with Crippen molar-refractivity contribution >= 4 is 35.6 Å². The van der Waals surface area contributed by atoms with Gasteiger partial charge in [-0.2, -0.15) is 0 Å². The quantitative estimate of drug-likeness (QED) is 0.229. The van der Waals surface area contributed by atoms with E-state index in [1.165, 1.54) is 5.56 Å². The minimum atomic E-state index is 0. The Bertz CT molecular complexity index is 665. The molecule has 2 aromatic carbocycles. The average Bonchev–Trinajstić information content (AvgIpc) is 2.69. The van der Waals surface area contributed by atoms with E-state index in [-0.39, 0.29) is 24.0 Å². The molecule has 0 aliphatic rings. The third kappa shape index (κ3) is 9.63. The first-order chi connectivity index (χ1) is 12.8. The van der Waals surface area contributed by atoms with E-state index in [1.807, 2.05) is 30.3 Å². The highest BCUT2D eigenvalue weighted by Crippen LogP contribution is 2.17. The van der Waals surface area contributed by atoms with Crippen LogP contribution in [-0.4, -0.2) is 39.9 Å². The number of methoxy groups -OCH3 is 1. The predicted molar refractivity (Wildman–Crippen MR) is 124 cm³/mol. The highest BCUT2D eigenvalue weighted by Gasteiger charge is 2.01. The first-order valence-electron chi connectivity index (χ1n) is 9.05. The number of ether oxygens (including phenoxy) is 2. The van der Waals surface area contributed by atoms with Crippen molar-refractivity contribution in [2.45, 2.75) is 19.3 Å². The van der Waals surface area contributed by atoms with Gasteiger partial charge in [0.1, 0.15) is 5.75 Å². The number of rotatable bonds is 10. The number of anilines is 1. The van der Waals surface area contributed by atoms with Crippen molar-refractivity contribution in [2.24, 2.45) is 4.99 Å². The number of nitrogens with one attached hydrogen (secondary N) is 2. The third-order valence-corrected chi connectivity index (χ3v) is 3.86. The summed E-state index contributed by atoms with van der Waals surface area (Å²) >= 11 is 0. The van der Waals surface area contributed by atoms with Crippen LogP contribution in [-0.2, 0) is 11.2 Å². The molecule has 0 atom stereocenters. The number of aliphatic imine (C=N–C) groups is 1. The smallest absolute Gasteiger partial charge is 0.195 e. The minimum absolute atomic E-state index is 0. The van der Waals surface area contributed by atoms with Crippen LogP contribution in [0.5, 0.6) is 5.75 Å². The number of hydrogen-bond donors (Lipinski definition) is 2. The lowest BCUT2D eigenvalue weighted by atomic mass is 10.1. The summed E-state index contributed by atoms with van der Waals surface area (Å²) in [5, 5.41) is 6.65. The van der Waals surface area contributed by atoms with E-state index in [0.29, 0.717) is 13.2 Å². The van der Waals surface area contributed by atoms with Gasteiger partial charge in [0.2, 0.25) is 0 Å². The molecule has 2 rings (SSSR count). The molecule has 0 aromatic heterocycles. The molecule has 0 bridgehead atoms. The van der Waals surface area contributed by atoms with Crippen LogP contribution in [0.1, 0.15) is 18.4 Å². The fourth-order valence-corrected chi connectivity index (χ4v) is 2.52. The molecule has 148 valence electrons. The molecule has 0 unspecified atom stereocenters. The Morgan fingerprint density at radius 1 is 1.00 bits per heavy atom. The van der Waals surface area contributed by atoms with E-state index in [9.17, 15) is 0 Å². The highest BCUT2D eigenvalue weighted by molar-refractivity contribution is 14.0. The summed E-state index contributed by atoms with van der Waals surface area (Å²) in [5.41, 5.74) is 2.31. The first-order valence-corrected chi connectivity index (χ1v) is 9.05. The zero-order valence-electron chi connectivity index (χ0n) is 16.1. The summed E-state index contributed by atoms with van der Waals surface area (Å²) in [7, 11) is 3.47. The van der Waals surface area contributed by atoms with Crippen LogP contribution in [0.15, 0.2) is 59.6 Å². The molecule has 5 nitrogen and oxygen atoms in total. The van der Waals surface area contributed by atoms with Crippen molar-refractivity contribution in [1.82, 2.24) is 5.32 Å². The standard InChI is InChI=1S/C21H29N3O2.HI/c1-22-21(23-14-7-11-18-9-4-3-5-10-18)24-19-12-6-13-20(17-19)26-16-8-15-25-2;/h3-6,9-10,12-13,17H,7-8,11,14-16H2,1-2H3,(H2,22,23,24);1H. The highest BCUT2D eigenvalue weighted by atomic mass is 127. The van der Waals surface area contributed by atoms with Gasteiger partial charge in [-0.25, -0.2) is 0 Å². The van der Waals surface area contributed by atoms with Crippen LogP contribution in [0.4, 0.5) is 5.69 Å². The zero-order chi connectivity index (χ0) is 18.5. The predicted octanol–water partition coefficient (Wildman–Crippen LogP) is 4.34. The minimum Gasteiger partial charge on any atom is -0.493 e. The summed E-state index contributed by atoms with van der Waals surface area (Å²) in [4.78, 5) is 4.28. The number of hydrogen-bond acceptors (Lipinski definition) is 3. The number of benzene rings is 2. The van der Waals surface area contributed by atoms with Crippen LogP contribution in [0, 0.1) is 0 Å². The topological polar surface area (TPSA) is 54.9 Å². The molecule has 27 heavy (non-hydrogen) atoms. The van der Waals surface area contributed by atoms with Gasteiger partial charge in [0.25, 0.3) is 0 Å². The molecule has 0 spiro atoms. The maximum Gasteiger partial charge on any atom is 0.195 e. The fraction of sp³-hybridized carbons (Fsp3) is 0.381. The number of halogens is 1.